The van der Waals surface area contributed by atoms with Crippen molar-refractivity contribution >= 4 is 22.8 Å². The first-order valence-corrected chi connectivity index (χ1v) is 12.4. The average Bonchev–Trinajstić information content (AvgIpc) is 2.80. The quantitative estimate of drug-likeness (QED) is 0.329. The Morgan fingerprint density at radius 2 is 0.971 bits per heavy atom. The van der Waals surface area contributed by atoms with E-state index in [2.05, 4.69) is 97.9 Å². The summed E-state index contributed by atoms with van der Waals surface area (Å²) < 4.78 is 0. The Morgan fingerprint density at radius 3 is 1.44 bits per heavy atom. The Hall–Kier alpha value is -3.07. The van der Waals surface area contributed by atoms with E-state index in [1.807, 2.05) is 19.1 Å². The molecule has 3 aromatic rings. The van der Waals surface area contributed by atoms with Crippen LogP contribution in [-0.4, -0.2) is 16.4 Å². The van der Waals surface area contributed by atoms with Gasteiger partial charge in [-0.2, -0.15) is 0 Å². The van der Waals surface area contributed by atoms with E-state index in [1.54, 1.807) is 0 Å². The molecule has 0 unspecified atom stereocenters. The summed E-state index contributed by atoms with van der Waals surface area (Å²) in [5, 5.41) is 0. The van der Waals surface area contributed by atoms with Crippen LogP contribution < -0.4 is 0 Å². The first-order valence-electron chi connectivity index (χ1n) is 12.4. The van der Waals surface area contributed by atoms with Crippen molar-refractivity contribution in [3.05, 3.63) is 88.2 Å². The van der Waals surface area contributed by atoms with E-state index in [9.17, 15) is 0 Å². The maximum absolute atomic E-state index is 5.12. The van der Waals surface area contributed by atoms with Gasteiger partial charge in [0.05, 0.1) is 34.2 Å². The highest BCUT2D eigenvalue weighted by Gasteiger charge is 2.15. The van der Waals surface area contributed by atoms with Gasteiger partial charge in [0, 0.05) is 0 Å². The third-order valence-electron chi connectivity index (χ3n) is 6.28. The summed E-state index contributed by atoms with van der Waals surface area (Å²) in [5.41, 5.74) is 10.7. The molecule has 0 saturated carbocycles. The molecule has 0 spiro atoms. The van der Waals surface area contributed by atoms with E-state index < -0.39 is 0 Å². The molecule has 0 atom stereocenters. The zero-order valence-corrected chi connectivity index (χ0v) is 22.3. The molecule has 2 aromatic carbocycles. The van der Waals surface area contributed by atoms with Gasteiger partial charge in [-0.15, -0.1) is 0 Å². The van der Waals surface area contributed by atoms with Gasteiger partial charge < -0.3 is 0 Å². The van der Waals surface area contributed by atoms with Crippen molar-refractivity contribution in [3.63, 3.8) is 0 Å². The highest BCUT2D eigenvalue weighted by atomic mass is 14.8. The Labute approximate surface area is 206 Å². The van der Waals surface area contributed by atoms with Gasteiger partial charge in [0.2, 0.25) is 0 Å². The summed E-state index contributed by atoms with van der Waals surface area (Å²) in [4.78, 5) is 15.1. The molecule has 1 heterocycles. The highest BCUT2D eigenvalue weighted by Crippen LogP contribution is 2.35. The number of para-hydroxylation sites is 2. The lowest BCUT2D eigenvalue weighted by atomic mass is 9.93. The molecule has 0 saturated heterocycles. The van der Waals surface area contributed by atoms with Crippen LogP contribution in [0.3, 0.4) is 0 Å². The fourth-order valence-electron chi connectivity index (χ4n) is 4.23. The molecule has 0 aliphatic rings. The normalized spacial score (nSPS) is 12.8. The van der Waals surface area contributed by atoms with E-state index in [0.29, 0.717) is 17.8 Å². The molecule has 0 radical (unpaired) electrons. The molecule has 0 N–H and O–H groups in total. The molecule has 0 aliphatic heterocycles. The monoisotopic (exact) mass is 453 g/mol. The number of aromatic nitrogens is 1. The topological polar surface area (TPSA) is 37.6 Å². The molecule has 1 aromatic heterocycles. The van der Waals surface area contributed by atoms with Gasteiger partial charge in [0.25, 0.3) is 0 Å². The van der Waals surface area contributed by atoms with E-state index >= 15 is 0 Å². The summed E-state index contributed by atoms with van der Waals surface area (Å²) >= 11 is 0. The third kappa shape index (κ3) is 5.70. The first-order chi connectivity index (χ1) is 16.1. The van der Waals surface area contributed by atoms with Gasteiger partial charge in [0.1, 0.15) is 0 Å². The summed E-state index contributed by atoms with van der Waals surface area (Å²) in [6.07, 6.45) is 0. The maximum Gasteiger partial charge on any atom is 0.0849 e. The summed E-state index contributed by atoms with van der Waals surface area (Å²) in [6, 6.07) is 19.1. The fraction of sp³-hybridized carbons (Fsp3) is 0.387. The van der Waals surface area contributed by atoms with Gasteiger partial charge >= 0.3 is 0 Å². The van der Waals surface area contributed by atoms with Crippen LogP contribution in [0.2, 0.25) is 0 Å². The number of pyridine rings is 1. The fourth-order valence-corrected chi connectivity index (χ4v) is 4.23. The molecule has 3 rings (SSSR count). The highest BCUT2D eigenvalue weighted by molar-refractivity contribution is 6.02. The number of aryl methyl sites for hydroxylation is 1. The van der Waals surface area contributed by atoms with Crippen LogP contribution >= 0.6 is 0 Å². The van der Waals surface area contributed by atoms with Crippen molar-refractivity contribution in [2.24, 2.45) is 9.98 Å². The lowest BCUT2D eigenvalue weighted by Crippen LogP contribution is -2.06. The Kier molecular flexibility index (Phi) is 8.19. The molecule has 3 nitrogen and oxygen atoms in total. The van der Waals surface area contributed by atoms with Crippen molar-refractivity contribution in [1.82, 2.24) is 4.98 Å². The second-order valence-corrected chi connectivity index (χ2v) is 10.1. The lowest BCUT2D eigenvalue weighted by Gasteiger charge is -2.17. The van der Waals surface area contributed by atoms with Crippen LogP contribution in [0.1, 0.15) is 107 Å². The van der Waals surface area contributed by atoms with Gasteiger partial charge in [0.15, 0.2) is 0 Å². The van der Waals surface area contributed by atoms with E-state index in [0.717, 1.165) is 34.2 Å². The van der Waals surface area contributed by atoms with Crippen LogP contribution in [0.15, 0.2) is 64.6 Å². The minimum atomic E-state index is 0.406. The van der Waals surface area contributed by atoms with E-state index in [4.69, 9.17) is 15.0 Å². The molecule has 0 aliphatic carbocycles. The van der Waals surface area contributed by atoms with Crippen LogP contribution in [0, 0.1) is 6.92 Å². The lowest BCUT2D eigenvalue weighted by molar-refractivity contribution is 0.834. The zero-order valence-electron chi connectivity index (χ0n) is 22.3. The van der Waals surface area contributed by atoms with Crippen molar-refractivity contribution in [2.45, 2.75) is 80.1 Å². The minimum absolute atomic E-state index is 0.406. The molecule has 34 heavy (non-hydrogen) atoms. The number of benzene rings is 2. The summed E-state index contributed by atoms with van der Waals surface area (Å²) in [5.74, 6) is 1.22. The second kappa shape index (κ2) is 10.9. The third-order valence-corrected chi connectivity index (χ3v) is 6.28. The van der Waals surface area contributed by atoms with Crippen molar-refractivity contribution in [2.75, 3.05) is 0 Å². The van der Waals surface area contributed by atoms with Crippen LogP contribution in [0.25, 0.3) is 0 Å². The number of hydrogen-bond donors (Lipinski definition) is 0. The zero-order chi connectivity index (χ0) is 25.0. The van der Waals surface area contributed by atoms with Crippen LogP contribution in [0.4, 0.5) is 11.4 Å². The van der Waals surface area contributed by atoms with E-state index in [1.165, 1.54) is 22.3 Å². The predicted octanol–water partition coefficient (Wildman–Crippen LogP) is 9.04. The maximum atomic E-state index is 5.12. The molecule has 0 bridgehead atoms. The molecule has 3 heteroatoms. The summed E-state index contributed by atoms with van der Waals surface area (Å²) in [7, 11) is 0. The number of aliphatic imine (C=N–C) groups is 2. The van der Waals surface area contributed by atoms with Crippen molar-refractivity contribution in [1.29, 1.82) is 0 Å². The van der Waals surface area contributed by atoms with Crippen LogP contribution in [-0.2, 0) is 0 Å². The Morgan fingerprint density at radius 1 is 0.588 bits per heavy atom. The molecule has 178 valence electrons. The van der Waals surface area contributed by atoms with Gasteiger partial charge in [-0.05, 0) is 72.9 Å². The summed E-state index contributed by atoms with van der Waals surface area (Å²) in [6.45, 7) is 19.5. The largest absolute Gasteiger partial charge is 0.251 e. The Bertz CT molecular complexity index is 1190. The molecule has 0 amide bonds. The van der Waals surface area contributed by atoms with Gasteiger partial charge in [-0.25, -0.2) is 4.98 Å². The standard InChI is InChI=1S/C31H39N3/c1-19(2)25-14-10-13-22(7)30(25)32-23(8)28-17-12-18-29(34-28)24(9)33-31-26(20(3)4)15-11-16-27(31)21(5)6/h10-21H,1-9H3. The predicted molar refractivity (Wildman–Crippen MR) is 148 cm³/mol. The smallest absolute Gasteiger partial charge is 0.0849 e. The van der Waals surface area contributed by atoms with Gasteiger partial charge in [-0.3, -0.25) is 9.98 Å². The number of rotatable bonds is 7. The molecular weight excluding hydrogens is 414 g/mol. The SMILES string of the molecule is CC(=Nc1c(C)cccc1C(C)C)c1cccc(C(C)=Nc2c(C(C)C)cccc2C(C)C)n1. The van der Waals surface area contributed by atoms with E-state index in [-0.39, 0.29) is 0 Å². The van der Waals surface area contributed by atoms with Crippen LogP contribution in [0.5, 0.6) is 0 Å². The first kappa shape index (κ1) is 25.6. The van der Waals surface area contributed by atoms with Crippen molar-refractivity contribution < 1.29 is 0 Å². The number of nitrogens with zero attached hydrogens (tertiary/aromatic N) is 3. The Balaban J connectivity index is 2.05. The molecular formula is C31H39N3. The van der Waals surface area contributed by atoms with Gasteiger partial charge in [-0.1, -0.05) is 84.0 Å². The minimum Gasteiger partial charge on any atom is -0.251 e. The molecule has 0 fully saturated rings. The second-order valence-electron chi connectivity index (χ2n) is 10.1. The number of hydrogen-bond acceptors (Lipinski definition) is 3. The average molecular weight is 454 g/mol. The van der Waals surface area contributed by atoms with Crippen molar-refractivity contribution in [3.8, 4) is 0 Å².